The molecule has 0 bridgehead atoms. The summed E-state index contributed by atoms with van der Waals surface area (Å²) in [6, 6.07) is 0.876. The highest BCUT2D eigenvalue weighted by Gasteiger charge is 2.34. The lowest BCUT2D eigenvalue weighted by atomic mass is 9.89. The molecule has 82 valence electrons. The molecule has 2 rings (SSSR count). The summed E-state index contributed by atoms with van der Waals surface area (Å²) in [5.41, 5.74) is 0.375. The molecule has 14 heavy (non-hydrogen) atoms. The third kappa shape index (κ3) is 2.12. The van der Waals surface area contributed by atoms with Crippen molar-refractivity contribution in [2.45, 2.75) is 57.5 Å². The molecule has 1 heterocycles. The first kappa shape index (κ1) is 10.4. The number of nitrogens with zero attached hydrogens (tertiary/aromatic N) is 1. The summed E-state index contributed by atoms with van der Waals surface area (Å²) in [7, 11) is 0. The monoisotopic (exact) mass is 196 g/mol. The van der Waals surface area contributed by atoms with Crippen molar-refractivity contribution >= 4 is 0 Å². The van der Waals surface area contributed by atoms with Gasteiger partial charge in [0.25, 0.3) is 0 Å². The molecule has 0 aromatic carbocycles. The highest BCUT2D eigenvalue weighted by Crippen LogP contribution is 2.28. The van der Waals surface area contributed by atoms with Gasteiger partial charge in [-0.3, -0.25) is 4.90 Å². The minimum absolute atomic E-state index is 0.375. The number of hydrogen-bond donors (Lipinski definition) is 1. The zero-order valence-electron chi connectivity index (χ0n) is 9.68. The molecule has 0 amide bonds. The Kier molecular flexibility index (Phi) is 3.13. The summed E-state index contributed by atoms with van der Waals surface area (Å²) in [4.78, 5) is 2.75. The maximum absolute atomic E-state index is 3.50. The molecule has 1 aliphatic heterocycles. The molecule has 2 aliphatic rings. The molecule has 1 saturated carbocycles. The minimum Gasteiger partial charge on any atom is -0.314 e. The van der Waals surface area contributed by atoms with Crippen LogP contribution in [-0.4, -0.2) is 36.1 Å². The molecule has 0 aromatic rings. The van der Waals surface area contributed by atoms with E-state index in [9.17, 15) is 0 Å². The molecule has 1 saturated heterocycles. The van der Waals surface area contributed by atoms with Crippen LogP contribution in [0.3, 0.4) is 0 Å². The second-order valence-electron chi connectivity index (χ2n) is 5.47. The second kappa shape index (κ2) is 4.19. The van der Waals surface area contributed by atoms with Crippen molar-refractivity contribution in [1.82, 2.24) is 10.2 Å². The van der Waals surface area contributed by atoms with Gasteiger partial charge in [0.2, 0.25) is 0 Å². The summed E-state index contributed by atoms with van der Waals surface area (Å²) in [6.45, 7) is 8.35. The van der Waals surface area contributed by atoms with Crippen LogP contribution in [0.15, 0.2) is 0 Å². The van der Waals surface area contributed by atoms with E-state index in [4.69, 9.17) is 0 Å². The van der Waals surface area contributed by atoms with E-state index in [1.807, 2.05) is 0 Å². The van der Waals surface area contributed by atoms with Crippen LogP contribution in [0.5, 0.6) is 0 Å². The predicted molar refractivity (Wildman–Crippen MR) is 60.5 cm³/mol. The number of piperazine rings is 1. The molecule has 0 radical (unpaired) electrons. The van der Waals surface area contributed by atoms with Crippen LogP contribution in [0.4, 0.5) is 0 Å². The molecule has 2 heteroatoms. The Morgan fingerprint density at radius 1 is 1.14 bits per heavy atom. The minimum atomic E-state index is 0.375. The SMILES string of the molecule is CC1(C)CNCCN1C1CCCCC1. The van der Waals surface area contributed by atoms with Crippen molar-refractivity contribution in [2.75, 3.05) is 19.6 Å². The van der Waals surface area contributed by atoms with Gasteiger partial charge in [0.1, 0.15) is 0 Å². The number of rotatable bonds is 1. The fourth-order valence-electron chi connectivity index (χ4n) is 3.07. The molecule has 0 unspecified atom stereocenters. The number of nitrogens with one attached hydrogen (secondary N) is 1. The lowest BCUT2D eigenvalue weighted by Gasteiger charge is -2.48. The van der Waals surface area contributed by atoms with E-state index in [1.165, 1.54) is 45.2 Å². The van der Waals surface area contributed by atoms with Gasteiger partial charge in [-0.2, -0.15) is 0 Å². The molecule has 1 N–H and O–H groups in total. The van der Waals surface area contributed by atoms with E-state index < -0.39 is 0 Å². The van der Waals surface area contributed by atoms with Crippen molar-refractivity contribution in [1.29, 1.82) is 0 Å². The van der Waals surface area contributed by atoms with Crippen LogP contribution in [-0.2, 0) is 0 Å². The average molecular weight is 196 g/mol. The van der Waals surface area contributed by atoms with Crippen molar-refractivity contribution in [2.24, 2.45) is 0 Å². The van der Waals surface area contributed by atoms with Crippen LogP contribution >= 0.6 is 0 Å². The van der Waals surface area contributed by atoms with E-state index in [-0.39, 0.29) is 0 Å². The van der Waals surface area contributed by atoms with E-state index in [2.05, 4.69) is 24.1 Å². The van der Waals surface area contributed by atoms with Gasteiger partial charge in [0.15, 0.2) is 0 Å². The average Bonchev–Trinajstić information content (AvgIpc) is 2.18. The van der Waals surface area contributed by atoms with E-state index in [1.54, 1.807) is 0 Å². The molecule has 2 fully saturated rings. The standard InChI is InChI=1S/C12H24N2/c1-12(2)10-13-8-9-14(12)11-6-4-3-5-7-11/h11,13H,3-10H2,1-2H3. The second-order valence-corrected chi connectivity index (χ2v) is 5.47. The third-order valence-corrected chi connectivity index (χ3v) is 3.88. The summed E-state index contributed by atoms with van der Waals surface area (Å²) < 4.78 is 0. The Bertz CT molecular complexity index is 183. The van der Waals surface area contributed by atoms with E-state index >= 15 is 0 Å². The molecule has 0 atom stereocenters. The van der Waals surface area contributed by atoms with Gasteiger partial charge in [-0.1, -0.05) is 19.3 Å². The van der Waals surface area contributed by atoms with Gasteiger partial charge in [-0.25, -0.2) is 0 Å². The van der Waals surface area contributed by atoms with Crippen molar-refractivity contribution in [3.8, 4) is 0 Å². The lowest BCUT2D eigenvalue weighted by Crippen LogP contribution is -2.61. The smallest absolute Gasteiger partial charge is 0.0281 e. The molecular weight excluding hydrogens is 172 g/mol. The van der Waals surface area contributed by atoms with Gasteiger partial charge >= 0.3 is 0 Å². The van der Waals surface area contributed by atoms with Crippen LogP contribution in [0.2, 0.25) is 0 Å². The first-order valence-electron chi connectivity index (χ1n) is 6.18. The summed E-state index contributed by atoms with van der Waals surface area (Å²) in [5, 5.41) is 3.50. The quantitative estimate of drug-likeness (QED) is 0.690. The van der Waals surface area contributed by atoms with E-state index in [0.29, 0.717) is 5.54 Å². The van der Waals surface area contributed by atoms with Gasteiger partial charge in [0, 0.05) is 31.2 Å². The van der Waals surface area contributed by atoms with Crippen LogP contribution in [0, 0.1) is 0 Å². The third-order valence-electron chi connectivity index (χ3n) is 3.88. The van der Waals surface area contributed by atoms with Crippen LogP contribution in [0.25, 0.3) is 0 Å². The van der Waals surface area contributed by atoms with Gasteiger partial charge in [0.05, 0.1) is 0 Å². The van der Waals surface area contributed by atoms with Gasteiger partial charge < -0.3 is 5.32 Å². The van der Waals surface area contributed by atoms with Crippen molar-refractivity contribution in [3.63, 3.8) is 0 Å². The highest BCUT2D eigenvalue weighted by molar-refractivity contribution is 4.92. The lowest BCUT2D eigenvalue weighted by molar-refractivity contribution is 0.0286. The molecule has 2 nitrogen and oxygen atoms in total. The fraction of sp³-hybridized carbons (Fsp3) is 1.00. The Morgan fingerprint density at radius 2 is 1.86 bits per heavy atom. The number of hydrogen-bond acceptors (Lipinski definition) is 2. The van der Waals surface area contributed by atoms with Crippen LogP contribution in [0.1, 0.15) is 46.0 Å². The Balaban J connectivity index is 1.99. The van der Waals surface area contributed by atoms with Gasteiger partial charge in [-0.05, 0) is 26.7 Å². The fourth-order valence-corrected chi connectivity index (χ4v) is 3.07. The summed E-state index contributed by atoms with van der Waals surface area (Å²) >= 11 is 0. The molecule has 1 aliphatic carbocycles. The zero-order chi connectivity index (χ0) is 10.0. The van der Waals surface area contributed by atoms with E-state index in [0.717, 1.165) is 12.6 Å². The predicted octanol–water partition coefficient (Wildman–Crippen LogP) is 2.00. The zero-order valence-corrected chi connectivity index (χ0v) is 9.68. The summed E-state index contributed by atoms with van der Waals surface area (Å²) in [5.74, 6) is 0. The Hall–Kier alpha value is -0.0800. The van der Waals surface area contributed by atoms with Crippen molar-refractivity contribution in [3.05, 3.63) is 0 Å². The largest absolute Gasteiger partial charge is 0.314 e. The maximum atomic E-state index is 3.50. The Morgan fingerprint density at radius 3 is 2.50 bits per heavy atom. The molecular formula is C12H24N2. The first-order chi connectivity index (χ1) is 6.70. The Labute approximate surface area is 88.1 Å². The topological polar surface area (TPSA) is 15.3 Å². The van der Waals surface area contributed by atoms with Crippen molar-refractivity contribution < 1.29 is 0 Å². The maximum Gasteiger partial charge on any atom is 0.0281 e. The normalized spacial score (nSPS) is 30.4. The highest BCUT2D eigenvalue weighted by atomic mass is 15.3. The summed E-state index contributed by atoms with van der Waals surface area (Å²) in [6.07, 6.45) is 7.23. The first-order valence-corrected chi connectivity index (χ1v) is 6.18. The molecule has 0 aromatic heterocycles. The van der Waals surface area contributed by atoms with Crippen LogP contribution < -0.4 is 5.32 Å². The van der Waals surface area contributed by atoms with Gasteiger partial charge in [-0.15, -0.1) is 0 Å². The molecule has 0 spiro atoms.